The van der Waals surface area contributed by atoms with Crippen molar-refractivity contribution in [2.24, 2.45) is 0 Å². The van der Waals surface area contributed by atoms with Crippen LogP contribution in [-0.2, 0) is 0 Å². The first-order valence-corrected chi connectivity index (χ1v) is 12.5. The van der Waals surface area contributed by atoms with E-state index in [2.05, 4.69) is 115 Å². The van der Waals surface area contributed by atoms with Gasteiger partial charge in [-0.3, -0.25) is 0 Å². The van der Waals surface area contributed by atoms with Crippen LogP contribution in [0, 0.1) is 0 Å². The van der Waals surface area contributed by atoms with Crippen LogP contribution in [0.5, 0.6) is 0 Å². The molecule has 174 valence electrons. The van der Waals surface area contributed by atoms with E-state index in [-0.39, 0.29) is 0 Å². The molecule has 0 saturated carbocycles. The van der Waals surface area contributed by atoms with Gasteiger partial charge in [0.2, 0.25) is 0 Å². The van der Waals surface area contributed by atoms with Gasteiger partial charge in [0.1, 0.15) is 0 Å². The minimum absolute atomic E-state index is 0.488. The Balaban J connectivity index is 1.85. The van der Waals surface area contributed by atoms with Gasteiger partial charge in [-0.2, -0.15) is 0 Å². The van der Waals surface area contributed by atoms with Gasteiger partial charge in [-0.1, -0.05) is 127 Å². The van der Waals surface area contributed by atoms with Crippen molar-refractivity contribution in [3.63, 3.8) is 0 Å². The van der Waals surface area contributed by atoms with Crippen LogP contribution < -0.4 is 5.46 Å². The largest absolute Gasteiger partial charge is 0.488 e. The molecule has 2 nitrogen and oxygen atoms in total. The minimum Gasteiger partial charge on any atom is -0.423 e. The van der Waals surface area contributed by atoms with Crippen LogP contribution in [0.3, 0.4) is 0 Å². The van der Waals surface area contributed by atoms with Crippen molar-refractivity contribution in [1.29, 1.82) is 0 Å². The summed E-state index contributed by atoms with van der Waals surface area (Å²) in [6.07, 6.45) is 0. The van der Waals surface area contributed by atoms with Crippen molar-refractivity contribution in [3.05, 3.63) is 127 Å². The fourth-order valence-electron chi connectivity index (χ4n) is 5.89. The average Bonchev–Trinajstić information content (AvgIpc) is 2.96. The molecule has 3 heteroatoms. The van der Waals surface area contributed by atoms with E-state index in [0.717, 1.165) is 27.1 Å². The number of benzene rings is 7. The van der Waals surface area contributed by atoms with E-state index in [4.69, 9.17) is 0 Å². The highest BCUT2D eigenvalue weighted by molar-refractivity contribution is 6.59. The minimum atomic E-state index is -1.52. The second-order valence-corrected chi connectivity index (χ2v) is 9.50. The molecule has 0 radical (unpaired) electrons. The third-order valence-electron chi connectivity index (χ3n) is 7.44. The van der Waals surface area contributed by atoms with Crippen LogP contribution in [0.25, 0.3) is 65.3 Å². The predicted molar refractivity (Wildman–Crippen MR) is 157 cm³/mol. The summed E-state index contributed by atoms with van der Waals surface area (Å²) in [7, 11) is -1.52. The third-order valence-corrected chi connectivity index (χ3v) is 7.44. The molecule has 0 amide bonds. The van der Waals surface area contributed by atoms with E-state index in [1.54, 1.807) is 0 Å². The Bertz CT molecular complexity index is 1940. The first-order valence-electron chi connectivity index (χ1n) is 12.5. The highest BCUT2D eigenvalue weighted by Gasteiger charge is 2.22. The highest BCUT2D eigenvalue weighted by Crippen LogP contribution is 2.49. The molecule has 0 aliphatic carbocycles. The van der Waals surface area contributed by atoms with Gasteiger partial charge in [0.15, 0.2) is 0 Å². The third kappa shape index (κ3) is 3.36. The monoisotopic (exact) mass is 474 g/mol. The lowest BCUT2D eigenvalue weighted by Gasteiger charge is -2.21. The van der Waals surface area contributed by atoms with Gasteiger partial charge in [-0.15, -0.1) is 0 Å². The Morgan fingerprint density at radius 2 is 0.811 bits per heavy atom. The molecule has 0 fully saturated rings. The molecule has 37 heavy (non-hydrogen) atoms. The SMILES string of the molecule is OB(O)c1ccc2c(c1)c1ccccc1c1c(-c3ccccc3)c3ccccc3c(-c3ccccc3)c21. The van der Waals surface area contributed by atoms with E-state index in [1.165, 1.54) is 38.2 Å². The van der Waals surface area contributed by atoms with E-state index in [0.29, 0.717) is 5.46 Å². The summed E-state index contributed by atoms with van der Waals surface area (Å²) in [5, 5.41) is 29.1. The summed E-state index contributed by atoms with van der Waals surface area (Å²) < 4.78 is 0. The Kier molecular flexibility index (Phi) is 5.07. The van der Waals surface area contributed by atoms with Crippen molar-refractivity contribution in [2.45, 2.75) is 0 Å². The molecule has 0 heterocycles. The van der Waals surface area contributed by atoms with Crippen LogP contribution in [0.15, 0.2) is 127 Å². The van der Waals surface area contributed by atoms with Crippen molar-refractivity contribution < 1.29 is 10.0 Å². The second-order valence-electron chi connectivity index (χ2n) is 9.50. The standard InChI is InChI=1S/C34H23BO2/c36-35(37)24-19-20-29-30(21-24)25-15-7-8-16-26(25)33-31(22-11-3-1-4-12-22)27-17-9-10-18-28(27)32(34(29)33)23-13-5-2-6-14-23/h1-21,36-37H. The molecule has 0 unspecified atom stereocenters. The molecule has 7 aromatic carbocycles. The topological polar surface area (TPSA) is 40.5 Å². The summed E-state index contributed by atoms with van der Waals surface area (Å²) in [5.41, 5.74) is 5.23. The van der Waals surface area contributed by atoms with Crippen LogP contribution >= 0.6 is 0 Å². The summed E-state index contributed by atoms with van der Waals surface area (Å²) in [4.78, 5) is 0. The van der Waals surface area contributed by atoms with Gasteiger partial charge in [0.05, 0.1) is 0 Å². The summed E-state index contributed by atoms with van der Waals surface area (Å²) in [6.45, 7) is 0. The lowest BCUT2D eigenvalue weighted by molar-refractivity contribution is 0.426. The lowest BCUT2D eigenvalue weighted by atomic mass is 9.77. The van der Waals surface area contributed by atoms with Crippen molar-refractivity contribution in [2.75, 3.05) is 0 Å². The molecule has 0 aromatic heterocycles. The number of hydrogen-bond acceptors (Lipinski definition) is 2. The summed E-state index contributed by atoms with van der Waals surface area (Å²) in [6, 6.07) is 44.2. The van der Waals surface area contributed by atoms with Crippen LogP contribution in [0.1, 0.15) is 0 Å². The second kappa shape index (κ2) is 8.60. The van der Waals surface area contributed by atoms with Crippen molar-refractivity contribution in [1.82, 2.24) is 0 Å². The molecule has 7 rings (SSSR count). The van der Waals surface area contributed by atoms with Crippen molar-refractivity contribution in [3.8, 4) is 22.3 Å². The molecular weight excluding hydrogens is 451 g/mol. The Labute approximate surface area is 215 Å². The molecule has 0 atom stereocenters. The molecule has 0 spiro atoms. The fourth-order valence-corrected chi connectivity index (χ4v) is 5.89. The molecule has 2 N–H and O–H groups in total. The average molecular weight is 474 g/mol. The number of rotatable bonds is 3. The fraction of sp³-hybridized carbons (Fsp3) is 0. The zero-order valence-electron chi connectivity index (χ0n) is 20.1. The molecule has 7 aromatic rings. The normalized spacial score (nSPS) is 11.5. The summed E-state index contributed by atoms with van der Waals surface area (Å²) >= 11 is 0. The highest BCUT2D eigenvalue weighted by atomic mass is 16.4. The first kappa shape index (κ1) is 21.8. The maximum atomic E-state index is 9.99. The maximum absolute atomic E-state index is 9.99. The number of hydrogen-bond donors (Lipinski definition) is 2. The molecule has 0 saturated heterocycles. The number of fused-ring (bicyclic) bond motifs is 7. The van der Waals surface area contributed by atoms with Gasteiger partial charge in [0.25, 0.3) is 0 Å². The Morgan fingerprint density at radius 3 is 1.32 bits per heavy atom. The predicted octanol–water partition coefficient (Wildman–Crippen LogP) is 7.31. The summed E-state index contributed by atoms with van der Waals surface area (Å²) in [5.74, 6) is 0. The molecule has 0 aliphatic rings. The van der Waals surface area contributed by atoms with Gasteiger partial charge < -0.3 is 10.0 Å². The van der Waals surface area contributed by atoms with Gasteiger partial charge >= 0.3 is 7.12 Å². The van der Waals surface area contributed by atoms with Crippen LogP contribution in [0.4, 0.5) is 0 Å². The van der Waals surface area contributed by atoms with E-state index in [1.807, 2.05) is 12.1 Å². The zero-order chi connectivity index (χ0) is 24.9. The van der Waals surface area contributed by atoms with E-state index >= 15 is 0 Å². The smallest absolute Gasteiger partial charge is 0.423 e. The van der Waals surface area contributed by atoms with Crippen LogP contribution in [0.2, 0.25) is 0 Å². The Hall–Kier alpha value is -4.44. The van der Waals surface area contributed by atoms with Crippen molar-refractivity contribution >= 4 is 55.7 Å². The lowest BCUT2D eigenvalue weighted by Crippen LogP contribution is -2.29. The van der Waals surface area contributed by atoms with Gasteiger partial charge in [0, 0.05) is 0 Å². The van der Waals surface area contributed by atoms with Gasteiger partial charge in [-0.05, 0) is 70.8 Å². The molecule has 0 aliphatic heterocycles. The first-order chi connectivity index (χ1) is 18.2. The maximum Gasteiger partial charge on any atom is 0.488 e. The Morgan fingerprint density at radius 1 is 0.378 bits per heavy atom. The zero-order valence-corrected chi connectivity index (χ0v) is 20.1. The van der Waals surface area contributed by atoms with E-state index in [9.17, 15) is 10.0 Å². The van der Waals surface area contributed by atoms with E-state index < -0.39 is 7.12 Å². The molecular formula is C34H23BO2. The van der Waals surface area contributed by atoms with Gasteiger partial charge in [-0.25, -0.2) is 0 Å². The molecule has 0 bridgehead atoms. The quantitative estimate of drug-likeness (QED) is 0.160. The van der Waals surface area contributed by atoms with Crippen LogP contribution in [-0.4, -0.2) is 17.2 Å².